The van der Waals surface area contributed by atoms with E-state index < -0.39 is 0 Å². The Labute approximate surface area is 103 Å². The summed E-state index contributed by atoms with van der Waals surface area (Å²) in [6.07, 6.45) is 0. The average Bonchev–Trinajstić information content (AvgIpc) is 2.31. The number of benzene rings is 1. The first kappa shape index (κ1) is 11.4. The number of morpholine rings is 1. The van der Waals surface area contributed by atoms with E-state index in [-0.39, 0.29) is 0 Å². The van der Waals surface area contributed by atoms with Crippen molar-refractivity contribution in [3.63, 3.8) is 0 Å². The standard InChI is InChI=1S/C11H12BrN3O/c12-10-2-1-9(8-13)11(7-10)14-15-3-5-16-6-4-15/h1-2,7,14H,3-6H2. The van der Waals surface area contributed by atoms with Crippen molar-refractivity contribution in [1.29, 1.82) is 5.26 Å². The van der Waals surface area contributed by atoms with E-state index in [1.807, 2.05) is 12.1 Å². The van der Waals surface area contributed by atoms with Gasteiger partial charge < -0.3 is 10.2 Å². The maximum atomic E-state index is 8.99. The second kappa shape index (κ2) is 5.30. The lowest BCUT2D eigenvalue weighted by molar-refractivity contribution is 0.0497. The van der Waals surface area contributed by atoms with Crippen LogP contribution in [0.3, 0.4) is 0 Å². The van der Waals surface area contributed by atoms with Gasteiger partial charge in [0.2, 0.25) is 0 Å². The number of nitrogens with one attached hydrogen (secondary N) is 1. The number of halogens is 1. The fourth-order valence-corrected chi connectivity index (χ4v) is 1.91. The van der Waals surface area contributed by atoms with Crippen molar-refractivity contribution in [2.45, 2.75) is 0 Å². The zero-order valence-electron chi connectivity index (χ0n) is 8.74. The highest BCUT2D eigenvalue weighted by molar-refractivity contribution is 9.10. The third kappa shape index (κ3) is 2.73. The van der Waals surface area contributed by atoms with Crippen LogP contribution in [0.15, 0.2) is 22.7 Å². The second-order valence-electron chi connectivity index (χ2n) is 3.51. The summed E-state index contributed by atoms with van der Waals surface area (Å²) in [7, 11) is 0. The van der Waals surface area contributed by atoms with Crippen LogP contribution in [0, 0.1) is 11.3 Å². The van der Waals surface area contributed by atoms with Crippen LogP contribution in [0.2, 0.25) is 0 Å². The SMILES string of the molecule is N#Cc1ccc(Br)cc1NN1CCOCC1. The zero-order chi connectivity index (χ0) is 11.4. The molecule has 0 atom stereocenters. The number of anilines is 1. The molecular weight excluding hydrogens is 270 g/mol. The van der Waals surface area contributed by atoms with Crippen molar-refractivity contribution in [2.24, 2.45) is 0 Å². The van der Waals surface area contributed by atoms with Gasteiger partial charge in [0.25, 0.3) is 0 Å². The highest BCUT2D eigenvalue weighted by Gasteiger charge is 2.11. The van der Waals surface area contributed by atoms with Crippen LogP contribution in [-0.4, -0.2) is 31.3 Å². The number of nitriles is 1. The topological polar surface area (TPSA) is 48.3 Å². The molecule has 1 aliphatic heterocycles. The number of hydrazine groups is 1. The molecule has 1 fully saturated rings. The van der Waals surface area contributed by atoms with Crippen molar-refractivity contribution in [2.75, 3.05) is 31.7 Å². The molecule has 1 aromatic rings. The van der Waals surface area contributed by atoms with E-state index in [4.69, 9.17) is 10.00 Å². The molecule has 5 heteroatoms. The molecule has 0 aromatic heterocycles. The van der Waals surface area contributed by atoms with Crippen LogP contribution in [0.1, 0.15) is 5.56 Å². The Morgan fingerprint density at radius 3 is 2.81 bits per heavy atom. The van der Waals surface area contributed by atoms with Crippen molar-refractivity contribution in [1.82, 2.24) is 5.01 Å². The van der Waals surface area contributed by atoms with Gasteiger partial charge in [-0.05, 0) is 18.2 Å². The summed E-state index contributed by atoms with van der Waals surface area (Å²) < 4.78 is 6.22. The lowest BCUT2D eigenvalue weighted by Gasteiger charge is -2.28. The molecule has 4 nitrogen and oxygen atoms in total. The Kier molecular flexibility index (Phi) is 3.78. The molecule has 1 N–H and O–H groups in total. The number of hydrogen-bond acceptors (Lipinski definition) is 4. The lowest BCUT2D eigenvalue weighted by atomic mass is 10.2. The van der Waals surface area contributed by atoms with Gasteiger partial charge in [0, 0.05) is 17.6 Å². The molecule has 0 bridgehead atoms. The van der Waals surface area contributed by atoms with E-state index in [9.17, 15) is 0 Å². The first-order valence-corrected chi connectivity index (χ1v) is 5.88. The quantitative estimate of drug-likeness (QED) is 0.901. The summed E-state index contributed by atoms with van der Waals surface area (Å²) in [5.41, 5.74) is 4.72. The smallest absolute Gasteiger partial charge is 0.101 e. The highest BCUT2D eigenvalue weighted by atomic mass is 79.9. The van der Waals surface area contributed by atoms with Crippen LogP contribution >= 0.6 is 15.9 Å². The third-order valence-corrected chi connectivity index (χ3v) is 2.88. The zero-order valence-corrected chi connectivity index (χ0v) is 10.3. The molecule has 1 aliphatic rings. The molecule has 1 heterocycles. The molecule has 1 aromatic carbocycles. The first-order valence-electron chi connectivity index (χ1n) is 5.08. The summed E-state index contributed by atoms with van der Waals surface area (Å²) in [4.78, 5) is 0. The summed E-state index contributed by atoms with van der Waals surface area (Å²) in [5, 5.41) is 11.1. The monoisotopic (exact) mass is 281 g/mol. The fraction of sp³-hybridized carbons (Fsp3) is 0.364. The van der Waals surface area contributed by atoms with Gasteiger partial charge in [-0.25, -0.2) is 5.01 Å². The van der Waals surface area contributed by atoms with Crippen LogP contribution in [-0.2, 0) is 4.74 Å². The molecule has 84 valence electrons. The Bertz CT molecular complexity index is 410. The molecule has 0 aliphatic carbocycles. The fourth-order valence-electron chi connectivity index (χ4n) is 1.55. The maximum Gasteiger partial charge on any atom is 0.101 e. The largest absolute Gasteiger partial charge is 0.379 e. The van der Waals surface area contributed by atoms with Gasteiger partial charge in [0.05, 0.1) is 24.5 Å². The Morgan fingerprint density at radius 2 is 2.12 bits per heavy atom. The molecule has 0 spiro atoms. The third-order valence-electron chi connectivity index (χ3n) is 2.39. The minimum Gasteiger partial charge on any atom is -0.379 e. The van der Waals surface area contributed by atoms with Crippen molar-refractivity contribution in [3.05, 3.63) is 28.2 Å². The highest BCUT2D eigenvalue weighted by Crippen LogP contribution is 2.21. The van der Waals surface area contributed by atoms with E-state index in [0.717, 1.165) is 36.5 Å². The minimum absolute atomic E-state index is 0.648. The molecule has 0 amide bonds. The average molecular weight is 282 g/mol. The lowest BCUT2D eigenvalue weighted by Crippen LogP contribution is -2.40. The normalized spacial score (nSPS) is 16.8. The summed E-state index contributed by atoms with van der Waals surface area (Å²) in [6.45, 7) is 3.11. The Hall–Kier alpha value is -1.09. The van der Waals surface area contributed by atoms with Crippen LogP contribution in [0.4, 0.5) is 5.69 Å². The van der Waals surface area contributed by atoms with Gasteiger partial charge in [-0.2, -0.15) is 5.26 Å². The number of nitrogens with zero attached hydrogens (tertiary/aromatic N) is 2. The van der Waals surface area contributed by atoms with Crippen LogP contribution in [0.25, 0.3) is 0 Å². The van der Waals surface area contributed by atoms with E-state index in [2.05, 4.69) is 32.4 Å². The molecule has 0 radical (unpaired) electrons. The van der Waals surface area contributed by atoms with Gasteiger partial charge >= 0.3 is 0 Å². The number of ether oxygens (including phenoxy) is 1. The Balaban J connectivity index is 2.13. The van der Waals surface area contributed by atoms with E-state index in [1.54, 1.807) is 6.07 Å². The second-order valence-corrected chi connectivity index (χ2v) is 4.43. The number of rotatable bonds is 2. The molecule has 0 saturated carbocycles. The molecule has 0 unspecified atom stereocenters. The van der Waals surface area contributed by atoms with E-state index in [0.29, 0.717) is 5.56 Å². The number of hydrogen-bond donors (Lipinski definition) is 1. The van der Waals surface area contributed by atoms with E-state index >= 15 is 0 Å². The van der Waals surface area contributed by atoms with Gasteiger partial charge in [-0.15, -0.1) is 0 Å². The predicted molar refractivity (Wildman–Crippen MR) is 64.9 cm³/mol. The van der Waals surface area contributed by atoms with Crippen molar-refractivity contribution < 1.29 is 4.74 Å². The van der Waals surface area contributed by atoms with Crippen molar-refractivity contribution >= 4 is 21.6 Å². The van der Waals surface area contributed by atoms with Crippen molar-refractivity contribution in [3.8, 4) is 6.07 Å². The van der Waals surface area contributed by atoms with Gasteiger partial charge in [0.1, 0.15) is 6.07 Å². The predicted octanol–water partition coefficient (Wildman–Crippen LogP) is 1.98. The molecule has 16 heavy (non-hydrogen) atoms. The molecular formula is C11H12BrN3O. The molecule has 1 saturated heterocycles. The summed E-state index contributed by atoms with van der Waals surface area (Å²) in [5.74, 6) is 0. The van der Waals surface area contributed by atoms with Crippen LogP contribution < -0.4 is 5.43 Å². The summed E-state index contributed by atoms with van der Waals surface area (Å²) >= 11 is 3.40. The minimum atomic E-state index is 0.648. The Morgan fingerprint density at radius 1 is 1.38 bits per heavy atom. The van der Waals surface area contributed by atoms with Gasteiger partial charge in [0.15, 0.2) is 0 Å². The van der Waals surface area contributed by atoms with Gasteiger partial charge in [-0.3, -0.25) is 0 Å². The first-order chi connectivity index (χ1) is 7.79. The summed E-state index contributed by atoms with van der Waals surface area (Å²) in [6, 6.07) is 7.74. The van der Waals surface area contributed by atoms with E-state index in [1.165, 1.54) is 0 Å². The maximum absolute atomic E-state index is 8.99. The van der Waals surface area contributed by atoms with Gasteiger partial charge in [-0.1, -0.05) is 15.9 Å². The molecule has 2 rings (SSSR count). The van der Waals surface area contributed by atoms with Crippen LogP contribution in [0.5, 0.6) is 0 Å².